The van der Waals surface area contributed by atoms with Crippen molar-refractivity contribution in [1.29, 1.82) is 0 Å². The third-order valence-electron chi connectivity index (χ3n) is 1.82. The number of aromatic hydroxyl groups is 1. The zero-order valence-corrected chi connectivity index (χ0v) is 12.2. The fraction of sp³-hybridized carbons (Fsp3) is 0.300. The fourth-order valence-corrected chi connectivity index (χ4v) is 1.58. The van der Waals surface area contributed by atoms with Gasteiger partial charge < -0.3 is 6.53 Å². The quantitative estimate of drug-likeness (QED) is 0.642. The number of carbonyl (C=O) groups is 1. The molecule has 0 heterocycles. The zero-order valence-electron chi connectivity index (χ0n) is 9.68. The number of hydrogen-bond acceptors (Lipinski definition) is 2. The summed E-state index contributed by atoms with van der Waals surface area (Å²) in [4.78, 5) is 11.5. The van der Waals surface area contributed by atoms with E-state index in [0.717, 1.165) is 6.42 Å². The molecule has 0 saturated heterocycles. The third kappa shape index (κ3) is 3.97. The van der Waals surface area contributed by atoms with E-state index < -0.39 is 0 Å². The van der Waals surface area contributed by atoms with Crippen molar-refractivity contribution in [3.8, 4) is 5.75 Å². The van der Waals surface area contributed by atoms with Crippen molar-refractivity contribution in [2.45, 2.75) is 19.8 Å². The number of phenols is 1. The second-order valence-electron chi connectivity index (χ2n) is 2.96. The van der Waals surface area contributed by atoms with Crippen molar-refractivity contribution >= 4 is 29.0 Å². The summed E-state index contributed by atoms with van der Waals surface area (Å²) >= 11 is 11.4. The summed E-state index contributed by atoms with van der Waals surface area (Å²) in [6.45, 7) is 1.92. The van der Waals surface area contributed by atoms with E-state index in [1.54, 1.807) is 0 Å². The summed E-state index contributed by atoms with van der Waals surface area (Å²) in [5.41, 5.74) is 0.444. The molecule has 0 fully saturated rings. The van der Waals surface area contributed by atoms with E-state index in [9.17, 15) is 9.90 Å². The summed E-state index contributed by atoms with van der Waals surface area (Å²) < 4.78 is 0. The number of halogens is 2. The van der Waals surface area contributed by atoms with Gasteiger partial charge in [-0.2, -0.15) is 0 Å². The van der Waals surface area contributed by atoms with Gasteiger partial charge >= 0.3 is 29.6 Å². The van der Waals surface area contributed by atoms with Gasteiger partial charge in [0.2, 0.25) is 0 Å². The van der Waals surface area contributed by atoms with Gasteiger partial charge in [-0.15, -0.1) is 0 Å². The van der Waals surface area contributed by atoms with E-state index in [2.05, 4.69) is 0 Å². The van der Waals surface area contributed by atoms with Crippen molar-refractivity contribution < 1.29 is 40.9 Å². The van der Waals surface area contributed by atoms with Crippen LogP contribution in [-0.4, -0.2) is 10.9 Å². The molecule has 0 bridgehead atoms. The Labute approximate surface area is 122 Å². The largest absolute Gasteiger partial charge is 1.00 e. The Morgan fingerprint density at radius 2 is 1.87 bits per heavy atom. The number of phenolic OH excluding ortho intramolecular Hbond substituents is 1. The van der Waals surface area contributed by atoms with Gasteiger partial charge in [0.15, 0.2) is 11.5 Å². The molecular formula is C10H11Cl2NaO2. The van der Waals surface area contributed by atoms with Gasteiger partial charge in [0.25, 0.3) is 0 Å². The summed E-state index contributed by atoms with van der Waals surface area (Å²) in [5, 5.41) is 9.48. The van der Waals surface area contributed by atoms with Crippen LogP contribution in [0.15, 0.2) is 12.1 Å². The maximum atomic E-state index is 11.5. The summed E-state index contributed by atoms with van der Waals surface area (Å²) in [6.07, 6.45) is 1.23. The number of hydrogen-bond donors (Lipinski definition) is 1. The van der Waals surface area contributed by atoms with Gasteiger partial charge in [0.1, 0.15) is 0 Å². The molecule has 0 spiro atoms. The molecule has 0 aliphatic carbocycles. The number of carbonyl (C=O) groups excluding carboxylic acids is 1. The van der Waals surface area contributed by atoms with Crippen molar-refractivity contribution in [1.82, 2.24) is 0 Å². The van der Waals surface area contributed by atoms with Crippen LogP contribution in [0.1, 0.15) is 31.6 Å². The second-order valence-corrected chi connectivity index (χ2v) is 3.78. The Morgan fingerprint density at radius 3 is 2.27 bits per heavy atom. The average Bonchev–Trinajstić information content (AvgIpc) is 2.13. The number of rotatable bonds is 3. The van der Waals surface area contributed by atoms with Crippen LogP contribution >= 0.6 is 23.2 Å². The maximum Gasteiger partial charge on any atom is 1.00 e. The Morgan fingerprint density at radius 1 is 1.40 bits per heavy atom. The number of ketones is 1. The number of Topliss-reactive ketones (excluding diaryl/α,β-unsaturated/α-hetero) is 1. The summed E-state index contributed by atoms with van der Waals surface area (Å²) in [6, 6.07) is 2.86. The van der Waals surface area contributed by atoms with Crippen LogP contribution in [0.25, 0.3) is 0 Å². The van der Waals surface area contributed by atoms with E-state index in [1.807, 2.05) is 6.92 Å². The number of benzene rings is 1. The van der Waals surface area contributed by atoms with Gasteiger partial charge in [0, 0.05) is 12.0 Å². The van der Waals surface area contributed by atoms with Gasteiger partial charge in [-0.25, -0.2) is 0 Å². The molecule has 15 heavy (non-hydrogen) atoms. The molecule has 0 aliphatic heterocycles. The van der Waals surface area contributed by atoms with E-state index in [4.69, 9.17) is 23.2 Å². The maximum absolute atomic E-state index is 11.5. The smallest absolute Gasteiger partial charge is 1.00 e. The average molecular weight is 257 g/mol. The van der Waals surface area contributed by atoms with Crippen LogP contribution in [0.4, 0.5) is 0 Å². The normalized spacial score (nSPS) is 9.53. The summed E-state index contributed by atoms with van der Waals surface area (Å²) in [5.74, 6) is -0.197. The van der Waals surface area contributed by atoms with Crippen molar-refractivity contribution in [2.24, 2.45) is 0 Å². The minimum Gasteiger partial charge on any atom is -1.00 e. The molecular weight excluding hydrogens is 246 g/mol. The van der Waals surface area contributed by atoms with Gasteiger partial charge in [-0.05, 0) is 18.6 Å². The molecule has 0 unspecified atom stereocenters. The topological polar surface area (TPSA) is 37.3 Å². The molecule has 1 aromatic rings. The minimum atomic E-state index is -0.179. The van der Waals surface area contributed by atoms with Crippen LogP contribution in [0.2, 0.25) is 10.0 Å². The standard InChI is InChI=1S/C10H10Cl2O2.Na.H/c1-2-3-9(13)6-4-7(11)10(14)8(12)5-6;;/h4-5,14H,2-3H2,1H3;;/q;+1;-1. The van der Waals surface area contributed by atoms with Crippen LogP contribution in [0.5, 0.6) is 5.75 Å². The van der Waals surface area contributed by atoms with E-state index in [-0.39, 0.29) is 52.6 Å². The van der Waals surface area contributed by atoms with Gasteiger partial charge in [-0.3, -0.25) is 4.79 Å². The van der Waals surface area contributed by atoms with E-state index in [1.165, 1.54) is 12.1 Å². The minimum absolute atomic E-state index is 0. The molecule has 0 saturated carbocycles. The molecule has 0 radical (unpaired) electrons. The van der Waals surface area contributed by atoms with Crippen molar-refractivity contribution in [2.75, 3.05) is 0 Å². The molecule has 1 aromatic carbocycles. The monoisotopic (exact) mass is 256 g/mol. The van der Waals surface area contributed by atoms with Crippen LogP contribution in [0, 0.1) is 0 Å². The van der Waals surface area contributed by atoms with Crippen LogP contribution < -0.4 is 29.6 Å². The predicted octanol–water partition coefficient (Wildman–Crippen LogP) is 0.798. The molecule has 0 aliphatic rings. The molecule has 5 heteroatoms. The Bertz CT molecular complexity index is 349. The first-order chi connectivity index (χ1) is 6.56. The van der Waals surface area contributed by atoms with Crippen LogP contribution in [-0.2, 0) is 0 Å². The Balaban J connectivity index is 0. The first kappa shape index (κ1) is 15.3. The Kier molecular flexibility index (Phi) is 6.89. The summed E-state index contributed by atoms with van der Waals surface area (Å²) in [7, 11) is 0. The first-order valence-corrected chi connectivity index (χ1v) is 5.03. The van der Waals surface area contributed by atoms with Crippen molar-refractivity contribution in [3.05, 3.63) is 27.7 Å². The molecule has 0 atom stereocenters. The van der Waals surface area contributed by atoms with E-state index in [0.29, 0.717) is 12.0 Å². The molecule has 0 aromatic heterocycles. The molecule has 78 valence electrons. The van der Waals surface area contributed by atoms with Gasteiger partial charge in [-0.1, -0.05) is 30.1 Å². The third-order valence-corrected chi connectivity index (χ3v) is 2.39. The van der Waals surface area contributed by atoms with Gasteiger partial charge in [0.05, 0.1) is 10.0 Å². The fourth-order valence-electron chi connectivity index (χ4n) is 1.10. The molecule has 2 nitrogen and oxygen atoms in total. The predicted molar refractivity (Wildman–Crippen MR) is 58.5 cm³/mol. The molecule has 0 amide bonds. The molecule has 1 N–H and O–H groups in total. The SMILES string of the molecule is CCCC(=O)c1cc(Cl)c(O)c(Cl)c1.[H-].[Na+]. The first-order valence-electron chi connectivity index (χ1n) is 4.27. The second kappa shape index (κ2) is 6.77. The zero-order chi connectivity index (χ0) is 10.7. The Hall–Kier alpha value is 0.270. The molecule has 1 rings (SSSR count). The van der Waals surface area contributed by atoms with Crippen molar-refractivity contribution in [3.63, 3.8) is 0 Å². The van der Waals surface area contributed by atoms with Crippen LogP contribution in [0.3, 0.4) is 0 Å². The van der Waals surface area contributed by atoms with E-state index >= 15 is 0 Å².